The number of fused-ring (bicyclic) bond motifs is 1. The van der Waals surface area contributed by atoms with Crippen molar-refractivity contribution in [3.63, 3.8) is 0 Å². The van der Waals surface area contributed by atoms with Crippen molar-refractivity contribution in [1.82, 2.24) is 14.5 Å². The minimum atomic E-state index is 0.957. The van der Waals surface area contributed by atoms with E-state index in [-0.39, 0.29) is 0 Å². The van der Waals surface area contributed by atoms with Gasteiger partial charge in [-0.05, 0) is 25.5 Å². The second-order valence-corrected chi connectivity index (χ2v) is 3.07. The van der Waals surface area contributed by atoms with E-state index in [1.165, 1.54) is 0 Å². The molecule has 0 radical (unpaired) electrons. The van der Waals surface area contributed by atoms with Gasteiger partial charge in [0, 0.05) is 13.2 Å². The Kier molecular flexibility index (Phi) is 1.40. The van der Waals surface area contributed by atoms with E-state index in [4.69, 9.17) is 0 Å². The van der Waals surface area contributed by atoms with Gasteiger partial charge in [0.15, 0.2) is 5.65 Å². The Bertz CT molecular complexity index is 429. The summed E-state index contributed by atoms with van der Waals surface area (Å²) < 4.78 is 1.99. The molecule has 0 saturated heterocycles. The lowest BCUT2D eigenvalue weighted by Crippen LogP contribution is -1.91. The fraction of sp³-hybridized carbons (Fsp3) is 0.333. The first-order valence-corrected chi connectivity index (χ1v) is 3.94. The van der Waals surface area contributed by atoms with Gasteiger partial charge in [0.05, 0.1) is 0 Å². The van der Waals surface area contributed by atoms with Gasteiger partial charge in [-0.3, -0.25) is 0 Å². The van der Waals surface area contributed by atoms with Crippen molar-refractivity contribution in [2.45, 2.75) is 13.8 Å². The van der Waals surface area contributed by atoms with Crippen LogP contribution in [0.4, 0.5) is 0 Å². The molecule has 2 rings (SSSR count). The Morgan fingerprint density at radius 1 is 1.33 bits per heavy atom. The van der Waals surface area contributed by atoms with Crippen molar-refractivity contribution in [2.24, 2.45) is 7.05 Å². The minimum Gasteiger partial charge on any atom is -0.316 e. The van der Waals surface area contributed by atoms with E-state index < -0.39 is 0 Å². The third-order valence-corrected chi connectivity index (χ3v) is 2.07. The largest absolute Gasteiger partial charge is 0.316 e. The summed E-state index contributed by atoms with van der Waals surface area (Å²) in [5.74, 6) is 1.00. The quantitative estimate of drug-likeness (QED) is 0.587. The van der Waals surface area contributed by atoms with E-state index in [9.17, 15) is 0 Å². The van der Waals surface area contributed by atoms with Crippen molar-refractivity contribution >= 4 is 11.2 Å². The molecular formula is C9H11N3. The van der Waals surface area contributed by atoms with E-state index in [2.05, 4.69) is 16.0 Å². The highest BCUT2D eigenvalue weighted by Gasteiger charge is 2.03. The average Bonchev–Trinajstić information content (AvgIpc) is 2.28. The van der Waals surface area contributed by atoms with E-state index in [1.54, 1.807) is 0 Å². The summed E-state index contributed by atoms with van der Waals surface area (Å²) in [6, 6.07) is 2.05. The maximum Gasteiger partial charge on any atom is 0.159 e. The number of hydrogen-bond donors (Lipinski definition) is 0. The van der Waals surface area contributed by atoms with Crippen LogP contribution < -0.4 is 0 Å². The number of hydrogen-bond acceptors (Lipinski definition) is 2. The molecule has 0 unspecified atom stereocenters. The Labute approximate surface area is 71.1 Å². The lowest BCUT2D eigenvalue weighted by Gasteiger charge is -1.94. The second-order valence-electron chi connectivity index (χ2n) is 3.07. The van der Waals surface area contributed by atoms with Gasteiger partial charge in [0.25, 0.3) is 0 Å². The second kappa shape index (κ2) is 2.30. The van der Waals surface area contributed by atoms with Gasteiger partial charge < -0.3 is 4.57 Å². The van der Waals surface area contributed by atoms with Crippen LogP contribution in [-0.4, -0.2) is 14.5 Å². The van der Waals surface area contributed by atoms with Gasteiger partial charge in [0.2, 0.25) is 0 Å². The van der Waals surface area contributed by atoms with Crippen molar-refractivity contribution in [3.8, 4) is 0 Å². The summed E-state index contributed by atoms with van der Waals surface area (Å²) in [5, 5.41) is 0. The predicted octanol–water partition coefficient (Wildman–Crippen LogP) is 1.59. The fourth-order valence-electron chi connectivity index (χ4n) is 1.29. The maximum atomic E-state index is 4.37. The fourth-order valence-corrected chi connectivity index (χ4v) is 1.29. The molecule has 0 amide bonds. The van der Waals surface area contributed by atoms with Crippen LogP contribution in [0.1, 0.15) is 11.4 Å². The van der Waals surface area contributed by atoms with E-state index in [0.29, 0.717) is 0 Å². The number of imidazole rings is 1. The van der Waals surface area contributed by atoms with Crippen LogP contribution in [0.15, 0.2) is 12.3 Å². The number of nitrogens with zero attached hydrogens (tertiary/aromatic N) is 3. The Hall–Kier alpha value is -1.38. The zero-order chi connectivity index (χ0) is 8.72. The highest BCUT2D eigenvalue weighted by Crippen LogP contribution is 2.12. The van der Waals surface area contributed by atoms with Crippen LogP contribution in [0.25, 0.3) is 11.2 Å². The lowest BCUT2D eigenvalue weighted by atomic mass is 10.3. The van der Waals surface area contributed by atoms with Crippen LogP contribution in [0.2, 0.25) is 0 Å². The van der Waals surface area contributed by atoms with Gasteiger partial charge in [-0.1, -0.05) is 0 Å². The highest BCUT2D eigenvalue weighted by atomic mass is 15.1. The third kappa shape index (κ3) is 0.897. The average molecular weight is 161 g/mol. The molecule has 0 fully saturated rings. The van der Waals surface area contributed by atoms with Crippen LogP contribution in [0.3, 0.4) is 0 Å². The Morgan fingerprint density at radius 3 is 2.83 bits per heavy atom. The standard InChI is InChI=1S/C9H11N3/c1-6-4-8-9(10-5-6)12(3)7(2)11-8/h4-5H,1-3H3. The number of pyridine rings is 1. The molecule has 0 atom stereocenters. The Balaban J connectivity index is 2.87. The molecule has 62 valence electrons. The first-order valence-electron chi connectivity index (χ1n) is 3.94. The molecule has 2 aromatic rings. The molecule has 0 N–H and O–H groups in total. The van der Waals surface area contributed by atoms with E-state index in [1.807, 2.05) is 31.7 Å². The molecule has 2 heterocycles. The van der Waals surface area contributed by atoms with Crippen molar-refractivity contribution < 1.29 is 0 Å². The molecule has 0 aromatic carbocycles. The summed E-state index contributed by atoms with van der Waals surface area (Å²) in [5.41, 5.74) is 3.09. The molecule has 2 aromatic heterocycles. The molecule has 3 heteroatoms. The van der Waals surface area contributed by atoms with Gasteiger partial charge in [-0.2, -0.15) is 0 Å². The Morgan fingerprint density at radius 2 is 2.08 bits per heavy atom. The van der Waals surface area contributed by atoms with Crippen LogP contribution in [0.5, 0.6) is 0 Å². The molecule has 0 aliphatic rings. The first-order chi connectivity index (χ1) is 5.68. The number of aromatic nitrogens is 3. The molecule has 0 aliphatic heterocycles. The van der Waals surface area contributed by atoms with Crippen LogP contribution in [-0.2, 0) is 7.05 Å². The minimum absolute atomic E-state index is 0.957. The third-order valence-electron chi connectivity index (χ3n) is 2.07. The summed E-state index contributed by atoms with van der Waals surface area (Å²) >= 11 is 0. The molecule has 12 heavy (non-hydrogen) atoms. The molecule has 0 aliphatic carbocycles. The number of aryl methyl sites for hydroxylation is 3. The van der Waals surface area contributed by atoms with Gasteiger partial charge >= 0.3 is 0 Å². The maximum absolute atomic E-state index is 4.37. The zero-order valence-electron chi connectivity index (χ0n) is 7.50. The number of rotatable bonds is 0. The smallest absolute Gasteiger partial charge is 0.159 e. The monoisotopic (exact) mass is 161 g/mol. The van der Waals surface area contributed by atoms with Crippen LogP contribution >= 0.6 is 0 Å². The topological polar surface area (TPSA) is 30.7 Å². The SMILES string of the molecule is Cc1cnc2c(c1)nc(C)n2C. The van der Waals surface area contributed by atoms with Crippen molar-refractivity contribution in [1.29, 1.82) is 0 Å². The first kappa shape index (κ1) is 7.28. The molecule has 0 spiro atoms. The summed E-state index contributed by atoms with van der Waals surface area (Å²) in [7, 11) is 1.98. The molecular weight excluding hydrogens is 150 g/mol. The summed E-state index contributed by atoms with van der Waals surface area (Å²) in [4.78, 5) is 8.68. The zero-order valence-corrected chi connectivity index (χ0v) is 7.50. The summed E-state index contributed by atoms with van der Waals surface area (Å²) in [6.07, 6.45) is 1.86. The normalized spacial score (nSPS) is 10.9. The van der Waals surface area contributed by atoms with E-state index >= 15 is 0 Å². The van der Waals surface area contributed by atoms with Gasteiger partial charge in [-0.15, -0.1) is 0 Å². The van der Waals surface area contributed by atoms with Gasteiger partial charge in [-0.25, -0.2) is 9.97 Å². The van der Waals surface area contributed by atoms with Crippen LogP contribution in [0, 0.1) is 13.8 Å². The van der Waals surface area contributed by atoms with Gasteiger partial charge in [0.1, 0.15) is 11.3 Å². The lowest BCUT2D eigenvalue weighted by molar-refractivity contribution is 0.874. The highest BCUT2D eigenvalue weighted by molar-refractivity contribution is 5.71. The molecule has 0 bridgehead atoms. The molecule has 3 nitrogen and oxygen atoms in total. The summed E-state index contributed by atoms with van der Waals surface area (Å²) in [6.45, 7) is 4.01. The van der Waals surface area contributed by atoms with E-state index in [0.717, 1.165) is 22.6 Å². The predicted molar refractivity (Wildman–Crippen MR) is 48.0 cm³/mol. The van der Waals surface area contributed by atoms with Crippen molar-refractivity contribution in [3.05, 3.63) is 23.7 Å². The molecule has 0 saturated carbocycles. The van der Waals surface area contributed by atoms with Crippen molar-refractivity contribution in [2.75, 3.05) is 0 Å².